The number of H-pyrrole nitrogens is 1. The average Bonchev–Trinajstić information content (AvgIpc) is 3.32. The molecule has 5 N–H and O–H groups in total. The molecule has 0 bridgehead atoms. The SMILES string of the molecule is NC(=O)c1ccc(NCCNc2ncc(-c3ncc[nH]3)c(-c3ccc(Cl)cc3Cl)n2)nc1. The summed E-state index contributed by atoms with van der Waals surface area (Å²) < 4.78 is 0. The van der Waals surface area contributed by atoms with Gasteiger partial charge in [0, 0.05) is 48.5 Å². The molecule has 1 aromatic carbocycles. The maximum atomic E-state index is 11.1. The minimum atomic E-state index is -0.516. The van der Waals surface area contributed by atoms with Gasteiger partial charge >= 0.3 is 0 Å². The number of carbonyl (C=O) groups is 1. The van der Waals surface area contributed by atoms with Crippen molar-refractivity contribution in [1.82, 2.24) is 24.9 Å². The highest BCUT2D eigenvalue weighted by Gasteiger charge is 2.16. The Morgan fingerprint density at radius 1 is 1.00 bits per heavy atom. The number of benzene rings is 1. The fraction of sp³-hybridized carbons (Fsp3) is 0.0952. The second-order valence-corrected chi connectivity index (χ2v) is 7.51. The first-order valence-electron chi connectivity index (χ1n) is 9.57. The number of nitrogens with two attached hydrogens (primary N) is 1. The fourth-order valence-corrected chi connectivity index (χ4v) is 3.45. The van der Waals surface area contributed by atoms with Crippen LogP contribution in [0.25, 0.3) is 22.6 Å². The van der Waals surface area contributed by atoms with Gasteiger partial charge in [-0.25, -0.2) is 19.9 Å². The molecule has 0 atom stereocenters. The normalized spacial score (nSPS) is 10.7. The minimum Gasteiger partial charge on any atom is -0.368 e. The molecule has 0 radical (unpaired) electrons. The third-order valence-electron chi connectivity index (χ3n) is 4.49. The van der Waals surface area contributed by atoms with Crippen LogP contribution in [-0.4, -0.2) is 43.9 Å². The first-order valence-corrected chi connectivity index (χ1v) is 10.3. The van der Waals surface area contributed by atoms with Gasteiger partial charge in [-0.1, -0.05) is 23.2 Å². The molecule has 1 amide bonds. The molecule has 11 heteroatoms. The molecule has 0 spiro atoms. The lowest BCUT2D eigenvalue weighted by atomic mass is 10.1. The molecule has 3 heterocycles. The molecule has 3 aromatic heterocycles. The predicted octanol–water partition coefficient (Wildman–Crippen LogP) is 3.86. The molecular formula is C21H18Cl2N8O. The molecular weight excluding hydrogens is 451 g/mol. The molecule has 0 unspecified atom stereocenters. The Morgan fingerprint density at radius 2 is 1.84 bits per heavy atom. The van der Waals surface area contributed by atoms with Crippen LogP contribution in [0.2, 0.25) is 10.0 Å². The van der Waals surface area contributed by atoms with Crippen LogP contribution in [0, 0.1) is 0 Å². The molecule has 0 saturated heterocycles. The molecule has 0 fully saturated rings. The van der Waals surface area contributed by atoms with Crippen molar-refractivity contribution in [2.24, 2.45) is 5.73 Å². The van der Waals surface area contributed by atoms with E-state index >= 15 is 0 Å². The van der Waals surface area contributed by atoms with Crippen molar-refractivity contribution in [3.05, 3.63) is 70.7 Å². The lowest BCUT2D eigenvalue weighted by Crippen LogP contribution is -2.16. The molecule has 0 aliphatic heterocycles. The Morgan fingerprint density at radius 3 is 2.53 bits per heavy atom. The second kappa shape index (κ2) is 9.63. The maximum Gasteiger partial charge on any atom is 0.250 e. The summed E-state index contributed by atoms with van der Waals surface area (Å²) in [6, 6.07) is 8.54. The fourth-order valence-electron chi connectivity index (χ4n) is 2.95. The number of aromatic amines is 1. The predicted molar refractivity (Wildman–Crippen MR) is 125 cm³/mol. The van der Waals surface area contributed by atoms with Crippen LogP contribution in [0.5, 0.6) is 0 Å². The standard InChI is InChI=1S/C21H18Cl2N8O/c22-13-2-3-14(16(23)9-13)18-15(20-26-6-7-27-20)11-30-21(31-18)28-8-5-25-17-4-1-12(10-29-17)19(24)32/h1-4,6-7,9-11H,5,8H2,(H2,24,32)(H,25,29)(H,26,27)(H,28,30,31). The monoisotopic (exact) mass is 468 g/mol. The number of primary amides is 1. The molecule has 0 aliphatic rings. The van der Waals surface area contributed by atoms with E-state index in [1.165, 1.54) is 6.20 Å². The van der Waals surface area contributed by atoms with E-state index in [1.54, 1.807) is 42.9 Å². The topological polar surface area (TPSA) is 134 Å². The highest BCUT2D eigenvalue weighted by molar-refractivity contribution is 6.36. The summed E-state index contributed by atoms with van der Waals surface area (Å²) >= 11 is 12.5. The van der Waals surface area contributed by atoms with E-state index in [-0.39, 0.29) is 0 Å². The smallest absolute Gasteiger partial charge is 0.250 e. The quantitative estimate of drug-likeness (QED) is 0.288. The summed E-state index contributed by atoms with van der Waals surface area (Å²) in [6.07, 6.45) is 6.50. The van der Waals surface area contributed by atoms with E-state index < -0.39 is 5.91 Å². The zero-order valence-electron chi connectivity index (χ0n) is 16.6. The Bertz CT molecular complexity index is 1230. The number of hydrogen-bond donors (Lipinski definition) is 4. The highest BCUT2D eigenvalue weighted by atomic mass is 35.5. The van der Waals surface area contributed by atoms with Crippen LogP contribution in [0.4, 0.5) is 11.8 Å². The zero-order valence-corrected chi connectivity index (χ0v) is 18.2. The number of halogens is 2. The Balaban J connectivity index is 1.49. The van der Waals surface area contributed by atoms with E-state index in [9.17, 15) is 4.79 Å². The van der Waals surface area contributed by atoms with Crippen molar-refractivity contribution in [3.8, 4) is 22.6 Å². The number of aromatic nitrogens is 5. The van der Waals surface area contributed by atoms with Crippen LogP contribution in [0.3, 0.4) is 0 Å². The maximum absolute atomic E-state index is 11.1. The summed E-state index contributed by atoms with van der Waals surface area (Å²) in [4.78, 5) is 31.7. The summed E-state index contributed by atoms with van der Waals surface area (Å²) in [5, 5.41) is 7.33. The number of pyridine rings is 1. The molecule has 4 aromatic rings. The van der Waals surface area contributed by atoms with Gasteiger partial charge in [-0.15, -0.1) is 0 Å². The van der Waals surface area contributed by atoms with Gasteiger partial charge in [0.2, 0.25) is 11.9 Å². The lowest BCUT2D eigenvalue weighted by Gasteiger charge is -2.12. The number of amides is 1. The molecule has 162 valence electrons. The number of anilines is 2. The van der Waals surface area contributed by atoms with E-state index in [0.29, 0.717) is 63.1 Å². The largest absolute Gasteiger partial charge is 0.368 e. The molecule has 4 rings (SSSR count). The number of hydrogen-bond acceptors (Lipinski definition) is 7. The third kappa shape index (κ3) is 4.96. The van der Waals surface area contributed by atoms with Crippen molar-refractivity contribution in [1.29, 1.82) is 0 Å². The lowest BCUT2D eigenvalue weighted by molar-refractivity contribution is 0.1000. The van der Waals surface area contributed by atoms with Gasteiger partial charge in [-0.05, 0) is 30.3 Å². The molecule has 0 aliphatic carbocycles. The number of imidazole rings is 1. The van der Waals surface area contributed by atoms with E-state index in [4.69, 9.17) is 28.9 Å². The second-order valence-electron chi connectivity index (χ2n) is 6.67. The van der Waals surface area contributed by atoms with Gasteiger partial charge in [0.05, 0.1) is 21.8 Å². The van der Waals surface area contributed by atoms with E-state index in [1.807, 2.05) is 6.07 Å². The van der Waals surface area contributed by atoms with Gasteiger partial charge in [-0.3, -0.25) is 4.79 Å². The number of nitrogens with zero attached hydrogens (tertiary/aromatic N) is 4. The van der Waals surface area contributed by atoms with Crippen molar-refractivity contribution < 1.29 is 4.79 Å². The van der Waals surface area contributed by atoms with E-state index in [0.717, 1.165) is 0 Å². The molecule has 32 heavy (non-hydrogen) atoms. The van der Waals surface area contributed by atoms with Crippen molar-refractivity contribution in [3.63, 3.8) is 0 Å². The van der Waals surface area contributed by atoms with Crippen molar-refractivity contribution in [2.75, 3.05) is 23.7 Å². The Kier molecular flexibility index (Phi) is 6.48. The number of carbonyl (C=O) groups excluding carboxylic acids is 1. The van der Waals surface area contributed by atoms with Crippen LogP contribution in [0.1, 0.15) is 10.4 Å². The van der Waals surface area contributed by atoms with Crippen LogP contribution in [-0.2, 0) is 0 Å². The van der Waals surface area contributed by atoms with Gasteiger partial charge in [-0.2, -0.15) is 0 Å². The van der Waals surface area contributed by atoms with Gasteiger partial charge in [0.15, 0.2) is 0 Å². The third-order valence-corrected chi connectivity index (χ3v) is 5.04. The Labute approximate surface area is 193 Å². The summed E-state index contributed by atoms with van der Waals surface area (Å²) in [7, 11) is 0. The zero-order chi connectivity index (χ0) is 22.5. The van der Waals surface area contributed by atoms with Crippen LogP contribution >= 0.6 is 23.2 Å². The van der Waals surface area contributed by atoms with Crippen molar-refractivity contribution >= 4 is 40.9 Å². The van der Waals surface area contributed by atoms with Gasteiger partial charge < -0.3 is 21.4 Å². The first-order chi connectivity index (χ1) is 15.5. The highest BCUT2D eigenvalue weighted by Crippen LogP contribution is 2.34. The average molecular weight is 469 g/mol. The first kappa shape index (κ1) is 21.5. The molecule has 0 saturated carbocycles. The van der Waals surface area contributed by atoms with Crippen molar-refractivity contribution in [2.45, 2.75) is 0 Å². The summed E-state index contributed by atoms with van der Waals surface area (Å²) in [6.45, 7) is 1.07. The number of rotatable bonds is 8. The minimum absolute atomic E-state index is 0.354. The molecule has 9 nitrogen and oxygen atoms in total. The van der Waals surface area contributed by atoms with Gasteiger partial charge in [0.25, 0.3) is 0 Å². The Hall–Kier alpha value is -3.69. The van der Waals surface area contributed by atoms with E-state index in [2.05, 4.69) is 35.6 Å². The summed E-state index contributed by atoms with van der Waals surface area (Å²) in [5.41, 5.74) is 7.62. The van der Waals surface area contributed by atoms with Gasteiger partial charge in [0.1, 0.15) is 11.6 Å². The number of nitrogens with one attached hydrogen (secondary N) is 3. The van der Waals surface area contributed by atoms with Crippen LogP contribution < -0.4 is 16.4 Å². The summed E-state index contributed by atoms with van der Waals surface area (Å²) in [5.74, 6) is 1.17. The van der Waals surface area contributed by atoms with Crippen LogP contribution in [0.15, 0.2) is 55.1 Å².